The van der Waals surface area contributed by atoms with Crippen LogP contribution in [0.3, 0.4) is 0 Å². The second-order valence-electron chi connectivity index (χ2n) is 5.13. The Bertz CT molecular complexity index is 902. The van der Waals surface area contributed by atoms with Crippen LogP contribution in [0.1, 0.15) is 21.6 Å². The number of thiazole rings is 1. The first kappa shape index (κ1) is 13.8. The summed E-state index contributed by atoms with van der Waals surface area (Å²) in [7, 11) is 1.73. The van der Waals surface area contributed by atoms with Crippen molar-refractivity contribution in [3.8, 4) is 11.4 Å². The van der Waals surface area contributed by atoms with Crippen molar-refractivity contribution >= 4 is 28.4 Å². The van der Waals surface area contributed by atoms with Gasteiger partial charge in [-0.15, -0.1) is 11.3 Å². The van der Waals surface area contributed by atoms with Gasteiger partial charge >= 0.3 is 5.97 Å². The third-order valence-corrected chi connectivity index (χ3v) is 4.42. The van der Waals surface area contributed by atoms with Crippen LogP contribution in [-0.2, 0) is 19.9 Å². The number of nitrogens with zero attached hydrogens (tertiary/aromatic N) is 5. The summed E-state index contributed by atoms with van der Waals surface area (Å²) >= 11 is 1.45. The van der Waals surface area contributed by atoms with Gasteiger partial charge in [0.15, 0.2) is 10.8 Å². The minimum Gasteiger partial charge on any atom is -0.476 e. The molecular weight excluding hydrogens is 316 g/mol. The monoisotopic (exact) mass is 328 g/mol. The highest BCUT2D eigenvalue weighted by Crippen LogP contribution is 2.34. The number of carbonyl (C=O) groups is 1. The summed E-state index contributed by atoms with van der Waals surface area (Å²) in [5.41, 5.74) is 3.28. The molecule has 1 aliphatic carbocycles. The van der Waals surface area contributed by atoms with Gasteiger partial charge in [0.25, 0.3) is 0 Å². The summed E-state index contributed by atoms with van der Waals surface area (Å²) in [5.74, 6) is -0.579. The zero-order valence-electron chi connectivity index (χ0n) is 12.1. The van der Waals surface area contributed by atoms with Crippen molar-refractivity contribution < 1.29 is 9.90 Å². The lowest BCUT2D eigenvalue weighted by molar-refractivity contribution is 0.0688. The smallest absolute Gasteiger partial charge is 0.356 e. The maximum Gasteiger partial charge on any atom is 0.356 e. The van der Waals surface area contributed by atoms with Gasteiger partial charge in [0, 0.05) is 30.4 Å². The van der Waals surface area contributed by atoms with E-state index in [4.69, 9.17) is 0 Å². The molecule has 3 aromatic rings. The number of carboxylic acids is 1. The average Bonchev–Trinajstić information content (AvgIpc) is 3.15. The molecule has 0 unspecified atom stereocenters. The average molecular weight is 328 g/mol. The highest BCUT2D eigenvalue weighted by atomic mass is 32.1. The van der Waals surface area contributed by atoms with Gasteiger partial charge in [0.2, 0.25) is 5.95 Å². The van der Waals surface area contributed by atoms with Crippen molar-refractivity contribution in [3.63, 3.8) is 0 Å². The van der Waals surface area contributed by atoms with Gasteiger partial charge in [-0.2, -0.15) is 5.10 Å². The molecule has 1 aliphatic rings. The molecule has 0 radical (unpaired) electrons. The topological polar surface area (TPSA) is 106 Å². The van der Waals surface area contributed by atoms with Crippen molar-refractivity contribution in [1.82, 2.24) is 24.7 Å². The molecule has 0 aromatic carbocycles. The molecule has 0 atom stereocenters. The number of aromatic nitrogens is 5. The molecule has 0 bridgehead atoms. The molecule has 0 fully saturated rings. The lowest BCUT2D eigenvalue weighted by atomic mass is 9.93. The van der Waals surface area contributed by atoms with Crippen LogP contribution < -0.4 is 5.32 Å². The van der Waals surface area contributed by atoms with Crippen molar-refractivity contribution in [2.45, 2.75) is 12.8 Å². The highest BCUT2D eigenvalue weighted by Gasteiger charge is 2.28. The Morgan fingerprint density at radius 3 is 3.00 bits per heavy atom. The molecular formula is C14H12N6O2S. The van der Waals surface area contributed by atoms with E-state index in [1.807, 2.05) is 5.38 Å². The molecule has 9 heteroatoms. The second-order valence-corrected chi connectivity index (χ2v) is 6.03. The number of fused-ring (bicyclic) bond motifs is 3. The second kappa shape index (κ2) is 5.13. The Balaban J connectivity index is 1.81. The summed E-state index contributed by atoms with van der Waals surface area (Å²) in [5, 5.41) is 19.0. The van der Waals surface area contributed by atoms with E-state index >= 15 is 0 Å². The summed E-state index contributed by atoms with van der Waals surface area (Å²) in [6, 6.07) is 0. The van der Waals surface area contributed by atoms with Crippen molar-refractivity contribution in [3.05, 3.63) is 34.6 Å². The quantitative estimate of drug-likeness (QED) is 0.756. The lowest BCUT2D eigenvalue weighted by Crippen LogP contribution is -2.11. The zero-order chi connectivity index (χ0) is 16.0. The number of carboxylic acid groups (broad SMARTS) is 1. The van der Waals surface area contributed by atoms with Crippen molar-refractivity contribution in [1.29, 1.82) is 0 Å². The van der Waals surface area contributed by atoms with Gasteiger partial charge in [0.05, 0.1) is 11.4 Å². The molecule has 0 saturated carbocycles. The van der Waals surface area contributed by atoms with Crippen LogP contribution in [0, 0.1) is 0 Å². The fourth-order valence-electron chi connectivity index (χ4n) is 2.77. The SMILES string of the molecule is Cn1nc(C(=O)O)c2c1-c1nc(Nc3nccs3)ncc1CC2. The Hall–Kier alpha value is -2.81. The summed E-state index contributed by atoms with van der Waals surface area (Å²) in [6.07, 6.45) is 4.80. The number of nitrogens with one attached hydrogen (secondary N) is 1. The zero-order valence-corrected chi connectivity index (χ0v) is 13.0. The van der Waals surface area contributed by atoms with Crippen LogP contribution >= 0.6 is 11.3 Å². The number of hydrogen-bond acceptors (Lipinski definition) is 7. The minimum atomic E-state index is -1.01. The van der Waals surface area contributed by atoms with Crippen LogP contribution in [0.25, 0.3) is 11.4 Å². The van der Waals surface area contributed by atoms with E-state index in [9.17, 15) is 9.90 Å². The van der Waals surface area contributed by atoms with Gasteiger partial charge in [-0.05, 0) is 18.4 Å². The molecule has 0 saturated heterocycles. The molecule has 8 nitrogen and oxygen atoms in total. The number of hydrogen-bond donors (Lipinski definition) is 2. The normalized spacial score (nSPS) is 12.6. The maximum atomic E-state index is 11.3. The third-order valence-electron chi connectivity index (χ3n) is 3.73. The predicted octanol–water partition coefficient (Wildman–Crippen LogP) is 1.87. The van der Waals surface area contributed by atoms with Gasteiger partial charge in [-0.3, -0.25) is 4.68 Å². The third kappa shape index (κ3) is 2.25. The Kier molecular flexibility index (Phi) is 3.08. The van der Waals surface area contributed by atoms with Crippen LogP contribution in [-0.4, -0.2) is 35.8 Å². The molecule has 0 spiro atoms. The number of anilines is 2. The first-order valence-electron chi connectivity index (χ1n) is 6.95. The number of rotatable bonds is 3. The molecule has 3 heterocycles. The van der Waals surface area contributed by atoms with E-state index in [0.717, 1.165) is 22.5 Å². The molecule has 116 valence electrons. The van der Waals surface area contributed by atoms with E-state index in [2.05, 4.69) is 25.4 Å². The van der Waals surface area contributed by atoms with E-state index < -0.39 is 5.97 Å². The molecule has 0 amide bonds. The van der Waals surface area contributed by atoms with Crippen molar-refractivity contribution in [2.75, 3.05) is 5.32 Å². The van der Waals surface area contributed by atoms with E-state index in [1.54, 1.807) is 24.1 Å². The highest BCUT2D eigenvalue weighted by molar-refractivity contribution is 7.13. The van der Waals surface area contributed by atoms with Crippen LogP contribution in [0.5, 0.6) is 0 Å². The Morgan fingerprint density at radius 2 is 2.26 bits per heavy atom. The van der Waals surface area contributed by atoms with Crippen molar-refractivity contribution in [2.24, 2.45) is 7.05 Å². The lowest BCUT2D eigenvalue weighted by Gasteiger charge is -2.16. The summed E-state index contributed by atoms with van der Waals surface area (Å²) in [6.45, 7) is 0. The minimum absolute atomic E-state index is 0.0983. The Morgan fingerprint density at radius 1 is 1.39 bits per heavy atom. The van der Waals surface area contributed by atoms with Crippen LogP contribution in [0.2, 0.25) is 0 Å². The molecule has 2 N–H and O–H groups in total. The van der Waals surface area contributed by atoms with E-state index in [-0.39, 0.29) is 5.69 Å². The number of aromatic carboxylic acids is 1. The molecule has 23 heavy (non-hydrogen) atoms. The van der Waals surface area contributed by atoms with E-state index in [0.29, 0.717) is 23.9 Å². The van der Waals surface area contributed by atoms with Gasteiger partial charge in [-0.1, -0.05) is 0 Å². The van der Waals surface area contributed by atoms with Crippen LogP contribution in [0.4, 0.5) is 11.1 Å². The van der Waals surface area contributed by atoms with Crippen LogP contribution in [0.15, 0.2) is 17.8 Å². The maximum absolute atomic E-state index is 11.3. The fraction of sp³-hybridized carbons (Fsp3) is 0.214. The number of aryl methyl sites for hydroxylation is 2. The largest absolute Gasteiger partial charge is 0.476 e. The molecule has 3 aromatic heterocycles. The molecule has 0 aliphatic heterocycles. The first-order valence-corrected chi connectivity index (χ1v) is 7.83. The van der Waals surface area contributed by atoms with Gasteiger partial charge in [0.1, 0.15) is 0 Å². The summed E-state index contributed by atoms with van der Waals surface area (Å²) in [4.78, 5) is 24.4. The first-order chi connectivity index (χ1) is 11.1. The molecule has 4 rings (SSSR count). The van der Waals surface area contributed by atoms with Gasteiger partial charge < -0.3 is 10.4 Å². The Labute approximate surface area is 134 Å². The van der Waals surface area contributed by atoms with Gasteiger partial charge in [-0.25, -0.2) is 19.7 Å². The standard InChI is InChI=1S/C14H12N6O2S/c1-20-11-8(10(19-20)12(21)22)3-2-7-6-16-13(17-9(7)11)18-14-15-4-5-23-14/h4-6H,2-3H2,1H3,(H,21,22)(H,15,16,17,18). The summed E-state index contributed by atoms with van der Waals surface area (Å²) < 4.78 is 1.58. The fourth-order valence-corrected chi connectivity index (χ4v) is 3.29. The van der Waals surface area contributed by atoms with E-state index in [1.165, 1.54) is 11.3 Å². The predicted molar refractivity (Wildman–Crippen MR) is 84.0 cm³/mol.